The van der Waals surface area contributed by atoms with Crippen molar-refractivity contribution in [2.24, 2.45) is 0 Å². The molecule has 0 aliphatic rings. The van der Waals surface area contributed by atoms with Gasteiger partial charge < -0.3 is 19.2 Å². The summed E-state index contributed by atoms with van der Waals surface area (Å²) in [6, 6.07) is 23.6. The number of amides is 1. The fourth-order valence-corrected chi connectivity index (χ4v) is 2.60. The molecule has 1 aromatic heterocycles. The van der Waals surface area contributed by atoms with E-state index in [0.717, 1.165) is 5.56 Å². The minimum Gasteiger partial charge on any atom is -0.484 e. The van der Waals surface area contributed by atoms with E-state index >= 15 is 0 Å². The summed E-state index contributed by atoms with van der Waals surface area (Å²) in [6.45, 7) is -0.139. The van der Waals surface area contributed by atoms with E-state index in [9.17, 15) is 4.79 Å². The first-order valence-corrected chi connectivity index (χ1v) is 8.89. The second-order valence-corrected chi connectivity index (χ2v) is 6.02. The van der Waals surface area contributed by atoms with Gasteiger partial charge in [-0.15, -0.1) is 10.2 Å². The molecule has 7 nitrogen and oxygen atoms in total. The Morgan fingerprint density at radius 2 is 1.66 bits per heavy atom. The molecule has 0 saturated carbocycles. The number of aromatic nitrogens is 2. The van der Waals surface area contributed by atoms with Crippen LogP contribution in [0.5, 0.6) is 17.2 Å². The number of nitrogens with one attached hydrogen (secondary N) is 1. The lowest BCUT2D eigenvalue weighted by molar-refractivity contribution is -0.118. The van der Waals surface area contributed by atoms with Crippen molar-refractivity contribution in [2.45, 2.75) is 0 Å². The SMILES string of the molecule is O=C(COc1ccc(-c2nnco2)cc1)Nc1ccccc1Oc1ccccc1. The molecule has 0 aliphatic carbocycles. The molecule has 0 aliphatic heterocycles. The third kappa shape index (κ3) is 4.78. The van der Waals surface area contributed by atoms with Crippen LogP contribution in [0, 0.1) is 0 Å². The van der Waals surface area contributed by atoms with Crippen LogP contribution in [0.1, 0.15) is 0 Å². The van der Waals surface area contributed by atoms with Crippen LogP contribution in [0.25, 0.3) is 11.5 Å². The summed E-state index contributed by atoms with van der Waals surface area (Å²) in [5.74, 6) is 1.92. The number of hydrogen-bond donors (Lipinski definition) is 1. The molecule has 1 N–H and O–H groups in total. The first-order valence-electron chi connectivity index (χ1n) is 8.89. The summed E-state index contributed by atoms with van der Waals surface area (Å²) >= 11 is 0. The molecule has 0 bridgehead atoms. The van der Waals surface area contributed by atoms with Crippen LogP contribution in [0.15, 0.2) is 89.7 Å². The predicted octanol–water partition coefficient (Wildman–Crippen LogP) is 4.55. The Labute approximate surface area is 166 Å². The zero-order chi connectivity index (χ0) is 19.9. The molecule has 4 rings (SSSR count). The lowest BCUT2D eigenvalue weighted by Gasteiger charge is -2.12. The zero-order valence-corrected chi connectivity index (χ0v) is 15.3. The van der Waals surface area contributed by atoms with E-state index in [2.05, 4.69) is 15.5 Å². The fourth-order valence-electron chi connectivity index (χ4n) is 2.60. The van der Waals surface area contributed by atoms with Crippen molar-refractivity contribution in [3.8, 4) is 28.7 Å². The number of hydrogen-bond acceptors (Lipinski definition) is 6. The number of rotatable bonds is 7. The Kier molecular flexibility index (Phi) is 5.48. The third-order valence-corrected chi connectivity index (χ3v) is 3.96. The van der Waals surface area contributed by atoms with Crippen molar-refractivity contribution in [3.05, 3.63) is 85.3 Å². The lowest BCUT2D eigenvalue weighted by Crippen LogP contribution is -2.20. The molecule has 0 radical (unpaired) electrons. The van der Waals surface area contributed by atoms with Crippen molar-refractivity contribution < 1.29 is 18.7 Å². The molecule has 0 atom stereocenters. The Morgan fingerprint density at radius 3 is 2.41 bits per heavy atom. The van der Waals surface area contributed by atoms with Crippen LogP contribution < -0.4 is 14.8 Å². The minimum atomic E-state index is -0.296. The molecule has 29 heavy (non-hydrogen) atoms. The van der Waals surface area contributed by atoms with Gasteiger partial charge in [-0.3, -0.25) is 4.79 Å². The molecule has 0 unspecified atom stereocenters. The number of benzene rings is 3. The largest absolute Gasteiger partial charge is 0.484 e. The van der Waals surface area contributed by atoms with Crippen molar-refractivity contribution in [3.63, 3.8) is 0 Å². The monoisotopic (exact) mass is 387 g/mol. The molecule has 0 saturated heterocycles. The van der Waals surface area contributed by atoms with Crippen LogP contribution in [0.4, 0.5) is 5.69 Å². The molecule has 0 fully saturated rings. The van der Waals surface area contributed by atoms with E-state index in [-0.39, 0.29) is 12.5 Å². The van der Waals surface area contributed by atoms with Gasteiger partial charge in [0.1, 0.15) is 11.5 Å². The van der Waals surface area contributed by atoms with Gasteiger partial charge in [-0.1, -0.05) is 30.3 Å². The van der Waals surface area contributed by atoms with E-state index in [1.165, 1.54) is 6.39 Å². The molecule has 1 amide bonds. The predicted molar refractivity (Wildman–Crippen MR) is 107 cm³/mol. The number of nitrogens with zero attached hydrogens (tertiary/aromatic N) is 2. The van der Waals surface area contributed by atoms with Gasteiger partial charge in [0.15, 0.2) is 12.4 Å². The second-order valence-electron chi connectivity index (χ2n) is 6.02. The Morgan fingerprint density at radius 1 is 0.897 bits per heavy atom. The standard InChI is InChI=1S/C22H17N3O4/c26-21(14-27-17-12-10-16(11-13-17)22-25-23-15-28-22)24-19-8-4-5-9-20(19)29-18-6-2-1-3-7-18/h1-13,15H,14H2,(H,24,26). The molecular weight excluding hydrogens is 370 g/mol. The Bertz CT molecular complexity index is 1060. The van der Waals surface area contributed by atoms with Gasteiger partial charge in [0, 0.05) is 5.56 Å². The number of ether oxygens (including phenoxy) is 2. The quantitative estimate of drug-likeness (QED) is 0.501. The molecule has 3 aromatic carbocycles. The number of para-hydroxylation sites is 3. The van der Waals surface area contributed by atoms with Crippen LogP contribution in [0.2, 0.25) is 0 Å². The van der Waals surface area contributed by atoms with Gasteiger partial charge in [0.05, 0.1) is 5.69 Å². The molecule has 1 heterocycles. The summed E-state index contributed by atoms with van der Waals surface area (Å²) in [5.41, 5.74) is 1.34. The van der Waals surface area contributed by atoms with Crippen LogP contribution in [-0.4, -0.2) is 22.7 Å². The minimum absolute atomic E-state index is 0.139. The average Bonchev–Trinajstić information content (AvgIpc) is 3.30. The van der Waals surface area contributed by atoms with Crippen molar-refractivity contribution in [1.29, 1.82) is 0 Å². The van der Waals surface area contributed by atoms with E-state index in [0.29, 0.717) is 28.8 Å². The number of anilines is 1. The van der Waals surface area contributed by atoms with Crippen LogP contribution in [-0.2, 0) is 4.79 Å². The molecular formula is C22H17N3O4. The fraction of sp³-hybridized carbons (Fsp3) is 0.0455. The summed E-state index contributed by atoms with van der Waals surface area (Å²) in [6.07, 6.45) is 1.27. The van der Waals surface area contributed by atoms with Crippen LogP contribution in [0.3, 0.4) is 0 Å². The molecule has 144 valence electrons. The third-order valence-electron chi connectivity index (χ3n) is 3.96. The molecule has 0 spiro atoms. The van der Waals surface area contributed by atoms with Gasteiger partial charge in [-0.05, 0) is 48.5 Å². The molecule has 4 aromatic rings. The van der Waals surface area contributed by atoms with Crippen LogP contribution >= 0.6 is 0 Å². The van der Waals surface area contributed by atoms with Crippen molar-refractivity contribution >= 4 is 11.6 Å². The summed E-state index contributed by atoms with van der Waals surface area (Å²) in [7, 11) is 0. The zero-order valence-electron chi connectivity index (χ0n) is 15.3. The van der Waals surface area contributed by atoms with Gasteiger partial charge in [-0.25, -0.2) is 0 Å². The highest BCUT2D eigenvalue weighted by Gasteiger charge is 2.10. The van der Waals surface area contributed by atoms with Crippen molar-refractivity contribution in [2.75, 3.05) is 11.9 Å². The highest BCUT2D eigenvalue weighted by molar-refractivity contribution is 5.93. The second kappa shape index (κ2) is 8.71. The van der Waals surface area contributed by atoms with Gasteiger partial charge in [0.2, 0.25) is 12.3 Å². The summed E-state index contributed by atoms with van der Waals surface area (Å²) in [5, 5.41) is 10.3. The maximum atomic E-state index is 12.3. The Hall–Kier alpha value is -4.13. The lowest BCUT2D eigenvalue weighted by atomic mass is 10.2. The topological polar surface area (TPSA) is 86.5 Å². The average molecular weight is 387 g/mol. The van der Waals surface area contributed by atoms with E-state index in [1.54, 1.807) is 36.4 Å². The highest BCUT2D eigenvalue weighted by atomic mass is 16.5. The van der Waals surface area contributed by atoms with Crippen molar-refractivity contribution in [1.82, 2.24) is 10.2 Å². The maximum Gasteiger partial charge on any atom is 0.262 e. The van der Waals surface area contributed by atoms with Gasteiger partial charge >= 0.3 is 0 Å². The van der Waals surface area contributed by atoms with E-state index in [1.807, 2.05) is 42.5 Å². The van der Waals surface area contributed by atoms with Gasteiger partial charge in [0.25, 0.3) is 5.91 Å². The first-order chi connectivity index (χ1) is 14.3. The van der Waals surface area contributed by atoms with E-state index < -0.39 is 0 Å². The number of carbonyl (C=O) groups is 1. The van der Waals surface area contributed by atoms with E-state index in [4.69, 9.17) is 13.9 Å². The maximum absolute atomic E-state index is 12.3. The number of carbonyl (C=O) groups excluding carboxylic acids is 1. The smallest absolute Gasteiger partial charge is 0.262 e. The molecule has 7 heteroatoms. The summed E-state index contributed by atoms with van der Waals surface area (Å²) in [4.78, 5) is 12.3. The Balaban J connectivity index is 1.35. The van der Waals surface area contributed by atoms with Gasteiger partial charge in [-0.2, -0.15) is 0 Å². The highest BCUT2D eigenvalue weighted by Crippen LogP contribution is 2.29. The first kappa shape index (κ1) is 18.2. The summed E-state index contributed by atoms with van der Waals surface area (Å²) < 4.78 is 16.5. The normalized spacial score (nSPS) is 10.3.